The zero-order chi connectivity index (χ0) is 19.8. The molecule has 5 rings (SSSR count). The number of carbonyl (C=O) groups excluding carboxylic acids is 1. The zero-order valence-electron chi connectivity index (χ0n) is 15.2. The standard InChI is InChI=1S/C21H16ClN3O3S/c22-15-4-2-14(3-5-15)17-10-25-16(11-29-21(25)24-17)8-20(26)23-9-13-1-6-18-19(7-13)28-12-27-18/h1-7,10-11H,8-9,12H2,(H,23,26). The fraction of sp³-hybridized carbons (Fsp3) is 0.143. The average Bonchev–Trinajstić information content (AvgIpc) is 3.43. The number of hydrogen-bond donors (Lipinski definition) is 1. The number of rotatable bonds is 5. The molecule has 8 heteroatoms. The second kappa shape index (κ2) is 7.42. The smallest absolute Gasteiger partial charge is 0.231 e. The summed E-state index contributed by atoms with van der Waals surface area (Å²) in [4.78, 5) is 18.0. The van der Waals surface area contributed by atoms with Crippen LogP contribution in [0.2, 0.25) is 5.02 Å². The first-order valence-electron chi connectivity index (χ1n) is 9.02. The normalized spacial score (nSPS) is 12.4. The number of halogens is 1. The first-order chi connectivity index (χ1) is 14.2. The molecular formula is C21H16ClN3O3S. The van der Waals surface area contributed by atoms with Gasteiger partial charge in [-0.05, 0) is 29.8 Å². The minimum atomic E-state index is -0.0518. The summed E-state index contributed by atoms with van der Waals surface area (Å²) in [5, 5.41) is 5.61. The second-order valence-corrected chi connectivity index (χ2v) is 7.93. The monoisotopic (exact) mass is 425 g/mol. The van der Waals surface area contributed by atoms with Crippen molar-refractivity contribution in [2.45, 2.75) is 13.0 Å². The Kier molecular flexibility index (Phi) is 4.61. The summed E-state index contributed by atoms with van der Waals surface area (Å²) in [7, 11) is 0. The summed E-state index contributed by atoms with van der Waals surface area (Å²) in [5.41, 5.74) is 3.71. The molecule has 2 aromatic carbocycles. The quantitative estimate of drug-likeness (QED) is 0.517. The summed E-state index contributed by atoms with van der Waals surface area (Å²) in [6.07, 6.45) is 2.23. The molecule has 0 spiro atoms. The highest BCUT2D eigenvalue weighted by Gasteiger charge is 2.15. The highest BCUT2D eigenvalue weighted by atomic mass is 35.5. The molecule has 0 fully saturated rings. The summed E-state index contributed by atoms with van der Waals surface area (Å²) >= 11 is 7.48. The van der Waals surface area contributed by atoms with E-state index >= 15 is 0 Å². The summed E-state index contributed by atoms with van der Waals surface area (Å²) in [5.74, 6) is 1.39. The van der Waals surface area contributed by atoms with E-state index in [2.05, 4.69) is 10.3 Å². The van der Waals surface area contributed by atoms with Gasteiger partial charge in [0, 0.05) is 34.4 Å². The first-order valence-corrected chi connectivity index (χ1v) is 10.3. The van der Waals surface area contributed by atoms with Crippen LogP contribution < -0.4 is 14.8 Å². The van der Waals surface area contributed by atoms with E-state index in [4.69, 9.17) is 21.1 Å². The summed E-state index contributed by atoms with van der Waals surface area (Å²) < 4.78 is 12.6. The van der Waals surface area contributed by atoms with Gasteiger partial charge in [0.15, 0.2) is 16.5 Å². The lowest BCUT2D eigenvalue weighted by atomic mass is 10.2. The van der Waals surface area contributed by atoms with E-state index in [-0.39, 0.29) is 19.1 Å². The molecule has 1 aliphatic rings. The molecule has 0 saturated carbocycles. The molecule has 29 heavy (non-hydrogen) atoms. The summed E-state index contributed by atoms with van der Waals surface area (Å²) in [6.45, 7) is 0.672. The molecule has 0 bridgehead atoms. The van der Waals surface area contributed by atoms with Crippen molar-refractivity contribution in [1.82, 2.24) is 14.7 Å². The Labute approximate surface area is 175 Å². The molecule has 1 amide bonds. The largest absolute Gasteiger partial charge is 0.454 e. The molecule has 0 unspecified atom stereocenters. The minimum absolute atomic E-state index is 0.0518. The molecule has 0 radical (unpaired) electrons. The van der Waals surface area contributed by atoms with Crippen molar-refractivity contribution in [3.05, 3.63) is 70.3 Å². The van der Waals surface area contributed by atoms with E-state index in [9.17, 15) is 4.79 Å². The SMILES string of the molecule is O=C(Cc1csc2nc(-c3ccc(Cl)cc3)cn12)NCc1ccc2c(c1)OCO2. The van der Waals surface area contributed by atoms with Crippen LogP contribution in [0, 0.1) is 0 Å². The van der Waals surface area contributed by atoms with Crippen LogP contribution in [0.15, 0.2) is 54.0 Å². The maximum Gasteiger partial charge on any atom is 0.231 e. The van der Waals surface area contributed by atoms with Crippen molar-refractivity contribution in [2.24, 2.45) is 0 Å². The van der Waals surface area contributed by atoms with E-state index < -0.39 is 0 Å². The Hall–Kier alpha value is -3.03. The van der Waals surface area contributed by atoms with Crippen molar-refractivity contribution in [3.63, 3.8) is 0 Å². The molecular weight excluding hydrogens is 410 g/mol. The van der Waals surface area contributed by atoms with Crippen molar-refractivity contribution >= 4 is 33.8 Å². The van der Waals surface area contributed by atoms with Gasteiger partial charge in [0.25, 0.3) is 0 Å². The Morgan fingerprint density at radius 2 is 2.00 bits per heavy atom. The van der Waals surface area contributed by atoms with Crippen LogP contribution in [0.1, 0.15) is 11.3 Å². The van der Waals surface area contributed by atoms with Crippen molar-refractivity contribution in [2.75, 3.05) is 6.79 Å². The fourth-order valence-electron chi connectivity index (χ4n) is 3.19. The molecule has 2 aromatic heterocycles. The minimum Gasteiger partial charge on any atom is -0.454 e. The Morgan fingerprint density at radius 3 is 2.86 bits per heavy atom. The second-order valence-electron chi connectivity index (χ2n) is 6.65. The number of amides is 1. The van der Waals surface area contributed by atoms with Crippen LogP contribution in [0.25, 0.3) is 16.2 Å². The van der Waals surface area contributed by atoms with Crippen LogP contribution in [0.3, 0.4) is 0 Å². The lowest BCUT2D eigenvalue weighted by molar-refractivity contribution is -0.120. The predicted octanol–water partition coefficient (Wildman–Crippen LogP) is 4.30. The third-order valence-electron chi connectivity index (χ3n) is 4.69. The molecule has 0 saturated heterocycles. The average molecular weight is 426 g/mol. The molecule has 6 nitrogen and oxygen atoms in total. The maximum atomic E-state index is 12.5. The van der Waals surface area contributed by atoms with Crippen molar-refractivity contribution in [3.8, 4) is 22.8 Å². The predicted molar refractivity (Wildman–Crippen MR) is 112 cm³/mol. The number of benzene rings is 2. The number of aromatic nitrogens is 2. The van der Waals surface area contributed by atoms with E-state index in [1.165, 1.54) is 11.3 Å². The Balaban J connectivity index is 1.27. The number of carbonyl (C=O) groups is 1. The number of nitrogens with zero attached hydrogens (tertiary/aromatic N) is 2. The topological polar surface area (TPSA) is 64.9 Å². The maximum absolute atomic E-state index is 12.5. The van der Waals surface area contributed by atoms with Crippen molar-refractivity contribution < 1.29 is 14.3 Å². The number of nitrogens with one attached hydrogen (secondary N) is 1. The van der Waals surface area contributed by atoms with Gasteiger partial charge >= 0.3 is 0 Å². The van der Waals surface area contributed by atoms with Gasteiger partial charge in [-0.25, -0.2) is 4.98 Å². The number of ether oxygens (including phenoxy) is 2. The lowest BCUT2D eigenvalue weighted by Crippen LogP contribution is -2.24. The third kappa shape index (κ3) is 3.66. The third-order valence-corrected chi connectivity index (χ3v) is 5.83. The van der Waals surface area contributed by atoms with Crippen LogP contribution >= 0.6 is 22.9 Å². The van der Waals surface area contributed by atoms with Gasteiger partial charge in [-0.1, -0.05) is 29.8 Å². The van der Waals surface area contributed by atoms with Crippen LogP contribution in [0.4, 0.5) is 0 Å². The summed E-state index contributed by atoms with van der Waals surface area (Å²) in [6, 6.07) is 13.2. The number of fused-ring (bicyclic) bond motifs is 2. The van der Waals surface area contributed by atoms with Gasteiger partial charge in [-0.3, -0.25) is 9.20 Å². The first kappa shape index (κ1) is 18.0. The molecule has 0 atom stereocenters. The zero-order valence-corrected chi connectivity index (χ0v) is 16.8. The van der Waals surface area contributed by atoms with E-state index in [0.29, 0.717) is 17.3 Å². The van der Waals surface area contributed by atoms with E-state index in [0.717, 1.165) is 33.2 Å². The van der Waals surface area contributed by atoms with Crippen molar-refractivity contribution in [1.29, 1.82) is 0 Å². The molecule has 146 valence electrons. The van der Waals surface area contributed by atoms with Gasteiger partial charge in [0.1, 0.15) is 0 Å². The van der Waals surface area contributed by atoms with Crippen LogP contribution in [0.5, 0.6) is 11.5 Å². The Bertz CT molecular complexity index is 1200. The van der Waals surface area contributed by atoms with E-state index in [1.54, 1.807) is 0 Å². The van der Waals surface area contributed by atoms with Crippen LogP contribution in [-0.2, 0) is 17.8 Å². The van der Waals surface area contributed by atoms with E-state index in [1.807, 2.05) is 58.4 Å². The lowest BCUT2D eigenvalue weighted by Gasteiger charge is -2.06. The van der Waals surface area contributed by atoms with Gasteiger partial charge in [-0.15, -0.1) is 11.3 Å². The number of hydrogen-bond acceptors (Lipinski definition) is 5. The molecule has 4 aromatic rings. The molecule has 1 N–H and O–H groups in total. The Morgan fingerprint density at radius 1 is 1.17 bits per heavy atom. The molecule has 3 heterocycles. The highest BCUT2D eigenvalue weighted by Crippen LogP contribution is 2.32. The number of imidazole rings is 1. The van der Waals surface area contributed by atoms with Crippen LogP contribution in [-0.4, -0.2) is 22.1 Å². The van der Waals surface area contributed by atoms with Gasteiger partial charge < -0.3 is 14.8 Å². The number of thiazole rings is 1. The van der Waals surface area contributed by atoms with Gasteiger partial charge in [0.2, 0.25) is 12.7 Å². The highest BCUT2D eigenvalue weighted by molar-refractivity contribution is 7.15. The molecule has 1 aliphatic heterocycles. The molecule has 0 aliphatic carbocycles. The van der Waals surface area contributed by atoms with Gasteiger partial charge in [-0.2, -0.15) is 0 Å². The van der Waals surface area contributed by atoms with Gasteiger partial charge in [0.05, 0.1) is 12.1 Å². The fourth-order valence-corrected chi connectivity index (χ4v) is 4.19.